The summed E-state index contributed by atoms with van der Waals surface area (Å²) >= 11 is 0. The number of anilines is 1. The zero-order chi connectivity index (χ0) is 18.8. The highest BCUT2D eigenvalue weighted by Crippen LogP contribution is 2.25. The number of carbonyl (C=O) groups excluding carboxylic acids is 1. The lowest BCUT2D eigenvalue weighted by atomic mass is 10.1. The van der Waals surface area contributed by atoms with Crippen LogP contribution in [0.3, 0.4) is 0 Å². The number of benzene rings is 2. The van der Waals surface area contributed by atoms with Gasteiger partial charge < -0.3 is 4.74 Å². The van der Waals surface area contributed by atoms with Crippen molar-refractivity contribution < 1.29 is 9.53 Å². The number of hydrogen-bond donors (Lipinski definition) is 0. The van der Waals surface area contributed by atoms with E-state index in [2.05, 4.69) is 17.2 Å². The number of aromatic nitrogens is 3. The Balaban J connectivity index is 1.48. The quantitative estimate of drug-likeness (QED) is 0.674. The van der Waals surface area contributed by atoms with E-state index in [0.717, 1.165) is 17.4 Å². The molecule has 0 bridgehead atoms. The minimum Gasteiger partial charge on any atom is -0.497 e. The molecule has 0 saturated heterocycles. The Hall–Kier alpha value is -3.35. The van der Waals surface area contributed by atoms with Crippen molar-refractivity contribution in [1.82, 2.24) is 14.3 Å². The van der Waals surface area contributed by atoms with E-state index in [0.29, 0.717) is 23.8 Å². The van der Waals surface area contributed by atoms with Gasteiger partial charge in [-0.1, -0.05) is 36.4 Å². The van der Waals surface area contributed by atoms with E-state index in [1.807, 2.05) is 36.4 Å². The van der Waals surface area contributed by atoms with Crippen LogP contribution in [0.1, 0.15) is 17.8 Å². The summed E-state index contributed by atoms with van der Waals surface area (Å²) in [7, 11) is 1.57. The number of amides is 1. The molecular weight excluding hydrogens is 344 g/mol. The fourth-order valence-electron chi connectivity index (χ4n) is 3.28. The summed E-state index contributed by atoms with van der Waals surface area (Å²) in [5, 5.41) is 4.36. The minimum atomic E-state index is -0.381. The van der Waals surface area contributed by atoms with Gasteiger partial charge in [0.25, 0.3) is 0 Å². The van der Waals surface area contributed by atoms with Gasteiger partial charge in [-0.05, 0) is 30.5 Å². The van der Waals surface area contributed by atoms with E-state index in [1.54, 1.807) is 13.2 Å². The number of aryl methyl sites for hydroxylation is 2. The summed E-state index contributed by atoms with van der Waals surface area (Å²) in [4.78, 5) is 26.9. The number of hydrogen-bond acceptors (Lipinski definition) is 4. The number of rotatable bonds is 6. The first-order valence-corrected chi connectivity index (χ1v) is 8.86. The molecule has 3 aromatic rings. The number of carbonyl (C=O) groups is 1. The topological polar surface area (TPSA) is 69.4 Å². The van der Waals surface area contributed by atoms with Gasteiger partial charge in [-0.15, -0.1) is 0 Å². The van der Waals surface area contributed by atoms with Crippen LogP contribution < -0.4 is 15.3 Å². The van der Waals surface area contributed by atoms with Crippen LogP contribution in [-0.4, -0.2) is 27.5 Å². The highest BCUT2D eigenvalue weighted by atomic mass is 16.5. The van der Waals surface area contributed by atoms with Gasteiger partial charge in [0.2, 0.25) is 0 Å². The maximum absolute atomic E-state index is 12.7. The molecule has 0 saturated carbocycles. The average molecular weight is 364 g/mol. The van der Waals surface area contributed by atoms with Gasteiger partial charge in [-0.3, -0.25) is 4.90 Å². The lowest BCUT2D eigenvalue weighted by Crippen LogP contribution is -2.34. The van der Waals surface area contributed by atoms with Gasteiger partial charge in [0, 0.05) is 18.3 Å². The highest BCUT2D eigenvalue weighted by molar-refractivity contribution is 5.96. The minimum absolute atomic E-state index is 0.271. The second-order valence-electron chi connectivity index (χ2n) is 6.42. The largest absolute Gasteiger partial charge is 0.497 e. The van der Waals surface area contributed by atoms with E-state index >= 15 is 0 Å². The van der Waals surface area contributed by atoms with Crippen molar-refractivity contribution in [3.05, 3.63) is 76.5 Å². The van der Waals surface area contributed by atoms with Crippen LogP contribution in [0.4, 0.5) is 10.5 Å². The highest BCUT2D eigenvalue weighted by Gasteiger charge is 2.33. The van der Waals surface area contributed by atoms with Crippen LogP contribution in [0.2, 0.25) is 0 Å². The molecule has 0 N–H and O–H groups in total. The lowest BCUT2D eigenvalue weighted by molar-refractivity contribution is 0.249. The molecule has 2 heterocycles. The van der Waals surface area contributed by atoms with E-state index < -0.39 is 0 Å². The molecule has 1 aliphatic heterocycles. The summed E-state index contributed by atoms with van der Waals surface area (Å²) in [6, 6.07) is 16.9. The summed E-state index contributed by atoms with van der Waals surface area (Å²) in [5.41, 5.74) is 1.52. The fraction of sp³-hybridized carbons (Fsp3) is 0.250. The summed E-state index contributed by atoms with van der Waals surface area (Å²) in [5.74, 6) is 1.12. The van der Waals surface area contributed by atoms with Crippen molar-refractivity contribution in [2.24, 2.45) is 0 Å². The molecule has 0 atom stereocenters. The first-order chi connectivity index (χ1) is 13.2. The maximum Gasteiger partial charge on any atom is 0.354 e. The molecule has 1 amide bonds. The monoisotopic (exact) mass is 364 g/mol. The third-order valence-electron chi connectivity index (χ3n) is 4.67. The third-order valence-corrected chi connectivity index (χ3v) is 4.67. The number of fused-ring (bicyclic) bond motifs is 1. The molecule has 4 rings (SSSR count). The molecule has 0 fully saturated rings. The van der Waals surface area contributed by atoms with Crippen LogP contribution in [-0.2, 0) is 19.5 Å². The Labute approximate surface area is 156 Å². The molecule has 2 aromatic carbocycles. The zero-order valence-corrected chi connectivity index (χ0v) is 15.0. The van der Waals surface area contributed by atoms with Crippen LogP contribution in [0.15, 0.2) is 59.4 Å². The molecule has 138 valence electrons. The summed E-state index contributed by atoms with van der Waals surface area (Å²) < 4.78 is 7.75. The van der Waals surface area contributed by atoms with Crippen molar-refractivity contribution in [2.45, 2.75) is 25.9 Å². The van der Waals surface area contributed by atoms with Crippen molar-refractivity contribution in [3.8, 4) is 5.75 Å². The van der Waals surface area contributed by atoms with Gasteiger partial charge in [-0.2, -0.15) is 9.67 Å². The second-order valence-corrected chi connectivity index (χ2v) is 6.42. The molecule has 27 heavy (non-hydrogen) atoms. The van der Waals surface area contributed by atoms with Crippen molar-refractivity contribution in [1.29, 1.82) is 0 Å². The van der Waals surface area contributed by atoms with Gasteiger partial charge in [-0.25, -0.2) is 14.3 Å². The average Bonchev–Trinajstić information content (AvgIpc) is 3.19. The number of nitrogens with zero attached hydrogens (tertiary/aromatic N) is 4. The van der Waals surface area contributed by atoms with Crippen LogP contribution in [0, 0.1) is 0 Å². The number of methoxy groups -OCH3 is 1. The zero-order valence-electron chi connectivity index (χ0n) is 15.0. The van der Waals surface area contributed by atoms with E-state index in [9.17, 15) is 9.59 Å². The predicted octanol–water partition coefficient (Wildman–Crippen LogP) is 2.67. The Morgan fingerprint density at radius 2 is 1.89 bits per heavy atom. The maximum atomic E-state index is 12.7. The molecule has 7 nitrogen and oxygen atoms in total. The molecular formula is C20H20N4O3. The lowest BCUT2D eigenvalue weighted by Gasteiger charge is -2.15. The van der Waals surface area contributed by atoms with Crippen LogP contribution >= 0.6 is 0 Å². The van der Waals surface area contributed by atoms with Crippen molar-refractivity contribution in [3.63, 3.8) is 0 Å². The molecule has 1 aromatic heterocycles. The SMILES string of the molecule is COc1cccc(N2Cc3nn(CCCc4ccccc4)c(=O)n3C2=O)c1. The molecule has 1 aliphatic rings. The van der Waals surface area contributed by atoms with Crippen molar-refractivity contribution in [2.75, 3.05) is 12.0 Å². The van der Waals surface area contributed by atoms with Gasteiger partial charge in [0.1, 0.15) is 5.75 Å². The van der Waals surface area contributed by atoms with Crippen molar-refractivity contribution >= 4 is 11.7 Å². The summed E-state index contributed by atoms with van der Waals surface area (Å²) in [6.07, 6.45) is 1.65. The Bertz CT molecular complexity index is 1020. The fourth-order valence-corrected chi connectivity index (χ4v) is 3.28. The standard InChI is InChI=1S/C20H20N4O3/c1-27-17-11-5-10-16(13-17)22-14-18-21-23(20(26)24(18)19(22)25)12-6-9-15-7-3-2-4-8-15/h2-5,7-8,10-11,13H,6,9,12,14H2,1H3. The second kappa shape index (κ2) is 7.11. The number of ether oxygens (including phenoxy) is 1. The van der Waals surface area contributed by atoms with Gasteiger partial charge in [0.05, 0.1) is 13.7 Å². The molecule has 7 heteroatoms. The first-order valence-electron chi connectivity index (χ1n) is 8.86. The van der Waals surface area contributed by atoms with Crippen LogP contribution in [0.5, 0.6) is 5.75 Å². The normalized spacial score (nSPS) is 13.1. The van der Waals surface area contributed by atoms with Gasteiger partial charge in [0.15, 0.2) is 5.82 Å². The van der Waals surface area contributed by atoms with E-state index in [1.165, 1.54) is 15.1 Å². The predicted molar refractivity (Wildman–Crippen MR) is 101 cm³/mol. The van der Waals surface area contributed by atoms with Gasteiger partial charge >= 0.3 is 11.7 Å². The Kier molecular flexibility index (Phi) is 4.50. The Morgan fingerprint density at radius 3 is 2.63 bits per heavy atom. The molecule has 0 spiro atoms. The molecule has 0 aliphatic carbocycles. The molecule has 0 radical (unpaired) electrons. The first kappa shape index (κ1) is 17.1. The molecule has 0 unspecified atom stereocenters. The third kappa shape index (κ3) is 3.23. The van der Waals surface area contributed by atoms with Crippen LogP contribution in [0.25, 0.3) is 0 Å². The van der Waals surface area contributed by atoms with E-state index in [4.69, 9.17) is 4.74 Å². The smallest absolute Gasteiger partial charge is 0.354 e. The Morgan fingerprint density at radius 1 is 1.07 bits per heavy atom. The summed E-state index contributed by atoms with van der Waals surface area (Å²) in [6.45, 7) is 0.757. The van der Waals surface area contributed by atoms with E-state index in [-0.39, 0.29) is 18.3 Å².